The van der Waals surface area contributed by atoms with E-state index < -0.39 is 0 Å². The molecule has 28 heavy (non-hydrogen) atoms. The van der Waals surface area contributed by atoms with Gasteiger partial charge in [0, 0.05) is 41.8 Å². The smallest absolute Gasteiger partial charge is 0.159 e. The van der Waals surface area contributed by atoms with Gasteiger partial charge in [-0.2, -0.15) is 5.10 Å². The fourth-order valence-corrected chi connectivity index (χ4v) is 3.40. The summed E-state index contributed by atoms with van der Waals surface area (Å²) in [6, 6.07) is 17.1. The Bertz CT molecular complexity index is 1080. The van der Waals surface area contributed by atoms with Gasteiger partial charge in [-0.3, -0.25) is 4.68 Å². The van der Waals surface area contributed by atoms with E-state index in [1.54, 1.807) is 0 Å². The van der Waals surface area contributed by atoms with Crippen LogP contribution >= 0.6 is 0 Å². The van der Waals surface area contributed by atoms with E-state index in [1.807, 2.05) is 24.0 Å². The minimum absolute atomic E-state index is 0.304. The van der Waals surface area contributed by atoms with Crippen LogP contribution in [0.3, 0.4) is 0 Å². The van der Waals surface area contributed by atoms with Crippen LogP contribution in [0, 0.1) is 13.8 Å². The van der Waals surface area contributed by atoms with Crippen LogP contribution in [0.5, 0.6) is 0 Å². The van der Waals surface area contributed by atoms with Gasteiger partial charge in [0.25, 0.3) is 0 Å². The molecule has 0 aliphatic rings. The Morgan fingerprint density at radius 2 is 1.71 bits per heavy atom. The molecule has 0 saturated heterocycles. The summed E-state index contributed by atoms with van der Waals surface area (Å²) in [6.07, 6.45) is 3.81. The molecule has 0 fully saturated rings. The van der Waals surface area contributed by atoms with Gasteiger partial charge in [-0.1, -0.05) is 36.4 Å². The third kappa shape index (κ3) is 4.10. The Morgan fingerprint density at radius 1 is 0.964 bits per heavy atom. The second-order valence-electron chi connectivity index (χ2n) is 7.37. The van der Waals surface area contributed by atoms with Gasteiger partial charge in [-0.15, -0.1) is 0 Å². The zero-order valence-electron chi connectivity index (χ0n) is 16.6. The molecule has 0 aliphatic heterocycles. The first-order valence-electron chi connectivity index (χ1n) is 9.63. The van der Waals surface area contributed by atoms with Crippen molar-refractivity contribution in [1.29, 1.82) is 0 Å². The lowest BCUT2D eigenvalue weighted by molar-refractivity contribution is 0.443. The molecule has 1 atom stereocenters. The Hall–Kier alpha value is -3.05. The fourth-order valence-electron chi connectivity index (χ4n) is 3.40. The van der Waals surface area contributed by atoms with Gasteiger partial charge in [0.15, 0.2) is 5.82 Å². The summed E-state index contributed by atoms with van der Waals surface area (Å²) in [5.74, 6) is 0.755. The fraction of sp³-hybridized carbons (Fsp3) is 0.261. The van der Waals surface area contributed by atoms with Gasteiger partial charge < -0.3 is 5.32 Å². The summed E-state index contributed by atoms with van der Waals surface area (Å²) in [7, 11) is 0. The topological polar surface area (TPSA) is 55.6 Å². The molecule has 0 spiro atoms. The molecule has 0 aliphatic carbocycles. The molecule has 0 saturated carbocycles. The highest BCUT2D eigenvalue weighted by atomic mass is 15.3. The first-order chi connectivity index (χ1) is 13.6. The van der Waals surface area contributed by atoms with Crippen molar-refractivity contribution in [2.45, 2.75) is 39.9 Å². The van der Waals surface area contributed by atoms with E-state index in [9.17, 15) is 0 Å². The lowest BCUT2D eigenvalue weighted by Crippen LogP contribution is -2.30. The second-order valence-corrected chi connectivity index (χ2v) is 7.37. The highest BCUT2D eigenvalue weighted by molar-refractivity contribution is 5.86. The zero-order valence-corrected chi connectivity index (χ0v) is 16.6. The molecule has 1 N–H and O–H groups in total. The summed E-state index contributed by atoms with van der Waals surface area (Å²) in [5, 5.41) is 10.5. The number of hydrogen-bond donors (Lipinski definition) is 1. The van der Waals surface area contributed by atoms with Crippen LogP contribution in [0.25, 0.3) is 22.2 Å². The second kappa shape index (κ2) is 7.90. The van der Waals surface area contributed by atoms with E-state index in [4.69, 9.17) is 0 Å². The maximum absolute atomic E-state index is 4.57. The Labute approximate surface area is 165 Å². The summed E-state index contributed by atoms with van der Waals surface area (Å²) in [6.45, 7) is 7.86. The van der Waals surface area contributed by atoms with Gasteiger partial charge in [0.1, 0.15) is 0 Å². The first kappa shape index (κ1) is 18.3. The number of nitrogens with zero attached hydrogens (tertiary/aromatic N) is 4. The minimum atomic E-state index is 0.304. The summed E-state index contributed by atoms with van der Waals surface area (Å²) < 4.78 is 2.05. The molecule has 0 bridgehead atoms. The average molecular weight is 371 g/mol. The number of hydrogen-bond acceptors (Lipinski definition) is 4. The number of benzene rings is 2. The molecule has 2 aromatic carbocycles. The van der Waals surface area contributed by atoms with Gasteiger partial charge in [-0.05, 0) is 43.7 Å². The molecular weight excluding hydrogens is 346 g/mol. The van der Waals surface area contributed by atoms with Crippen molar-refractivity contribution < 1.29 is 0 Å². The lowest BCUT2D eigenvalue weighted by Gasteiger charge is -2.15. The molecule has 5 heteroatoms. The standard InChI is InChI=1S/C23H25N5/c1-16-10-18(3)28(27-16)15-17(2)24-12-19-13-25-23(26-14-19)22-9-8-20-6-4-5-7-21(20)11-22/h4-11,13-14,17,24H,12,15H2,1-3H3/t17-/m0/s1. The number of aromatic nitrogens is 4. The number of fused-ring (bicyclic) bond motifs is 1. The van der Waals surface area contributed by atoms with Crippen LogP contribution < -0.4 is 5.32 Å². The van der Waals surface area contributed by atoms with Crippen LogP contribution in [-0.4, -0.2) is 25.8 Å². The molecule has 0 radical (unpaired) electrons. The summed E-state index contributed by atoms with van der Waals surface area (Å²) >= 11 is 0. The van der Waals surface area contributed by atoms with Crippen molar-refractivity contribution in [3.8, 4) is 11.4 Å². The van der Waals surface area contributed by atoms with E-state index in [-0.39, 0.29) is 0 Å². The van der Waals surface area contributed by atoms with E-state index in [2.05, 4.69) is 82.8 Å². The van der Waals surface area contributed by atoms with Crippen molar-refractivity contribution in [1.82, 2.24) is 25.1 Å². The Kier molecular flexibility index (Phi) is 5.17. The molecule has 4 aromatic rings. The molecular formula is C23H25N5. The number of nitrogens with one attached hydrogen (secondary N) is 1. The summed E-state index contributed by atoms with van der Waals surface area (Å²) in [5.41, 5.74) is 4.36. The molecule has 142 valence electrons. The monoisotopic (exact) mass is 371 g/mol. The van der Waals surface area contributed by atoms with Crippen LogP contribution in [0.2, 0.25) is 0 Å². The van der Waals surface area contributed by atoms with Crippen molar-refractivity contribution in [3.05, 3.63) is 77.9 Å². The van der Waals surface area contributed by atoms with E-state index >= 15 is 0 Å². The molecule has 5 nitrogen and oxygen atoms in total. The van der Waals surface area contributed by atoms with E-state index in [1.165, 1.54) is 16.5 Å². The van der Waals surface area contributed by atoms with Crippen molar-refractivity contribution in [2.24, 2.45) is 0 Å². The first-order valence-corrected chi connectivity index (χ1v) is 9.63. The largest absolute Gasteiger partial charge is 0.308 e. The van der Waals surface area contributed by atoms with Gasteiger partial charge in [-0.25, -0.2) is 9.97 Å². The van der Waals surface area contributed by atoms with Crippen LogP contribution in [0.15, 0.2) is 60.9 Å². The van der Waals surface area contributed by atoms with Gasteiger partial charge in [0.2, 0.25) is 0 Å². The molecule has 0 amide bonds. The zero-order chi connectivity index (χ0) is 19.5. The van der Waals surface area contributed by atoms with Crippen LogP contribution in [0.4, 0.5) is 0 Å². The Morgan fingerprint density at radius 3 is 2.43 bits per heavy atom. The maximum atomic E-state index is 4.57. The van der Waals surface area contributed by atoms with Crippen LogP contribution in [0.1, 0.15) is 23.9 Å². The maximum Gasteiger partial charge on any atom is 0.159 e. The normalized spacial score (nSPS) is 12.4. The molecule has 2 aromatic heterocycles. The number of aryl methyl sites for hydroxylation is 2. The van der Waals surface area contributed by atoms with Crippen LogP contribution in [-0.2, 0) is 13.1 Å². The predicted octanol–water partition coefficient (Wildman–Crippen LogP) is 4.29. The number of rotatable bonds is 6. The molecule has 2 heterocycles. The highest BCUT2D eigenvalue weighted by Gasteiger charge is 2.08. The van der Waals surface area contributed by atoms with Gasteiger partial charge >= 0.3 is 0 Å². The average Bonchev–Trinajstić information content (AvgIpc) is 3.03. The molecule has 0 unspecified atom stereocenters. The third-order valence-corrected chi connectivity index (χ3v) is 4.92. The minimum Gasteiger partial charge on any atom is -0.308 e. The van der Waals surface area contributed by atoms with E-state index in [0.717, 1.165) is 35.7 Å². The third-order valence-electron chi connectivity index (χ3n) is 4.92. The molecule has 4 rings (SSSR count). The van der Waals surface area contributed by atoms with E-state index in [0.29, 0.717) is 6.04 Å². The SMILES string of the molecule is Cc1cc(C)n(C[C@H](C)NCc2cnc(-c3ccc4ccccc4c3)nc2)n1. The van der Waals surface area contributed by atoms with Crippen molar-refractivity contribution >= 4 is 10.8 Å². The lowest BCUT2D eigenvalue weighted by atomic mass is 10.1. The quantitative estimate of drug-likeness (QED) is 0.549. The van der Waals surface area contributed by atoms with Crippen molar-refractivity contribution in [2.75, 3.05) is 0 Å². The van der Waals surface area contributed by atoms with Crippen molar-refractivity contribution in [3.63, 3.8) is 0 Å². The van der Waals surface area contributed by atoms with Gasteiger partial charge in [0.05, 0.1) is 12.2 Å². The highest BCUT2D eigenvalue weighted by Crippen LogP contribution is 2.21. The Balaban J connectivity index is 1.39. The predicted molar refractivity (Wildman–Crippen MR) is 113 cm³/mol. The summed E-state index contributed by atoms with van der Waals surface area (Å²) in [4.78, 5) is 9.13.